The van der Waals surface area contributed by atoms with E-state index in [0.717, 1.165) is 44.2 Å². The third kappa shape index (κ3) is 3.52. The number of hydrogen-bond donors (Lipinski definition) is 2. The fourth-order valence-electron chi connectivity index (χ4n) is 2.67. The molecule has 2 N–H and O–H groups in total. The molecule has 0 bridgehead atoms. The van der Waals surface area contributed by atoms with Gasteiger partial charge in [-0.25, -0.2) is 9.50 Å². The third-order valence-electron chi connectivity index (χ3n) is 3.83. The van der Waals surface area contributed by atoms with E-state index < -0.39 is 0 Å². The van der Waals surface area contributed by atoms with Gasteiger partial charge < -0.3 is 5.32 Å². The Bertz CT molecular complexity index is 968. The van der Waals surface area contributed by atoms with Crippen LogP contribution in [0.1, 0.15) is 18.3 Å². The van der Waals surface area contributed by atoms with Gasteiger partial charge in [0, 0.05) is 28.7 Å². The summed E-state index contributed by atoms with van der Waals surface area (Å²) in [5.74, 6) is 0. The Labute approximate surface area is 153 Å². The zero-order valence-electron chi connectivity index (χ0n) is 13.8. The van der Waals surface area contributed by atoms with Gasteiger partial charge in [-0.1, -0.05) is 35.1 Å². The molecule has 1 aromatic carbocycles. The number of imidazole rings is 1. The molecule has 1 unspecified atom stereocenters. The van der Waals surface area contributed by atoms with Crippen LogP contribution in [-0.2, 0) is 6.42 Å². The molecule has 8 heteroatoms. The molecule has 25 heavy (non-hydrogen) atoms. The van der Waals surface area contributed by atoms with Crippen molar-refractivity contribution < 1.29 is 0 Å². The zero-order valence-corrected chi connectivity index (χ0v) is 15.4. The van der Waals surface area contributed by atoms with Crippen LogP contribution in [0.4, 0.5) is 5.13 Å². The number of rotatable bonds is 5. The molecule has 6 nitrogen and oxygen atoms in total. The highest BCUT2D eigenvalue weighted by Gasteiger charge is 2.12. The van der Waals surface area contributed by atoms with Gasteiger partial charge in [-0.2, -0.15) is 5.10 Å². The number of nitrogens with zero attached hydrogens (tertiary/aromatic N) is 4. The SMILES string of the molecule is Cc1cc(CC(C)Nc2nn3cc(-c4ccc(Cl)cc4)nc3s2)n[nH]1. The van der Waals surface area contributed by atoms with E-state index in [1.807, 2.05) is 41.9 Å². The minimum Gasteiger partial charge on any atom is -0.357 e. The lowest BCUT2D eigenvalue weighted by Gasteiger charge is -2.10. The van der Waals surface area contributed by atoms with E-state index in [0.29, 0.717) is 0 Å². The van der Waals surface area contributed by atoms with Crippen LogP contribution in [0, 0.1) is 6.92 Å². The van der Waals surface area contributed by atoms with E-state index in [2.05, 4.69) is 38.6 Å². The van der Waals surface area contributed by atoms with Gasteiger partial charge in [0.15, 0.2) is 0 Å². The van der Waals surface area contributed by atoms with Gasteiger partial charge in [0.05, 0.1) is 17.6 Å². The molecule has 0 aliphatic carbocycles. The number of fused-ring (bicyclic) bond motifs is 1. The van der Waals surface area contributed by atoms with Crippen molar-refractivity contribution in [2.45, 2.75) is 26.3 Å². The fraction of sp³-hybridized carbons (Fsp3) is 0.235. The van der Waals surface area contributed by atoms with Crippen molar-refractivity contribution in [2.24, 2.45) is 0 Å². The minimum atomic E-state index is 0.231. The lowest BCUT2D eigenvalue weighted by atomic mass is 10.2. The molecule has 0 fully saturated rings. The highest BCUT2D eigenvalue weighted by atomic mass is 35.5. The van der Waals surface area contributed by atoms with E-state index in [-0.39, 0.29) is 6.04 Å². The summed E-state index contributed by atoms with van der Waals surface area (Å²) in [5.41, 5.74) is 4.04. The maximum atomic E-state index is 5.93. The third-order valence-corrected chi connectivity index (χ3v) is 4.93. The molecule has 0 radical (unpaired) electrons. The summed E-state index contributed by atoms with van der Waals surface area (Å²) >= 11 is 7.47. The Balaban J connectivity index is 1.48. The number of aromatic amines is 1. The number of nitrogens with one attached hydrogen (secondary N) is 2. The lowest BCUT2D eigenvalue weighted by molar-refractivity contribution is 0.759. The maximum absolute atomic E-state index is 5.93. The zero-order chi connectivity index (χ0) is 17.4. The molecule has 128 valence electrons. The van der Waals surface area contributed by atoms with Crippen molar-refractivity contribution in [3.8, 4) is 11.3 Å². The van der Waals surface area contributed by atoms with Gasteiger partial charge >= 0.3 is 0 Å². The molecule has 3 aromatic heterocycles. The van der Waals surface area contributed by atoms with Crippen LogP contribution in [0.15, 0.2) is 36.5 Å². The first kappa shape index (κ1) is 16.1. The van der Waals surface area contributed by atoms with Gasteiger partial charge in [-0.3, -0.25) is 5.10 Å². The summed E-state index contributed by atoms with van der Waals surface area (Å²) in [6.45, 7) is 4.12. The Morgan fingerprint density at radius 2 is 2.12 bits per heavy atom. The largest absolute Gasteiger partial charge is 0.357 e. The first-order chi connectivity index (χ1) is 12.1. The smallest absolute Gasteiger partial charge is 0.214 e. The van der Waals surface area contributed by atoms with Crippen LogP contribution >= 0.6 is 22.9 Å². The monoisotopic (exact) mass is 372 g/mol. The molecule has 1 atom stereocenters. The highest BCUT2D eigenvalue weighted by Crippen LogP contribution is 2.25. The van der Waals surface area contributed by atoms with E-state index in [1.54, 1.807) is 0 Å². The predicted molar refractivity (Wildman–Crippen MR) is 101 cm³/mol. The normalized spacial score (nSPS) is 12.6. The van der Waals surface area contributed by atoms with E-state index >= 15 is 0 Å². The van der Waals surface area contributed by atoms with Gasteiger partial charge in [0.2, 0.25) is 10.1 Å². The van der Waals surface area contributed by atoms with Gasteiger partial charge in [0.1, 0.15) is 0 Å². The first-order valence-corrected chi connectivity index (χ1v) is 9.16. The molecular formula is C17H17ClN6S. The van der Waals surface area contributed by atoms with Crippen molar-refractivity contribution >= 4 is 33.0 Å². The lowest BCUT2D eigenvalue weighted by Crippen LogP contribution is -2.18. The first-order valence-electron chi connectivity index (χ1n) is 7.96. The summed E-state index contributed by atoms with van der Waals surface area (Å²) in [6, 6.07) is 9.94. The summed E-state index contributed by atoms with van der Waals surface area (Å²) in [5, 5.41) is 16.8. The Morgan fingerprint density at radius 3 is 2.80 bits per heavy atom. The molecule has 0 saturated heterocycles. The van der Waals surface area contributed by atoms with Crippen molar-refractivity contribution in [1.82, 2.24) is 24.8 Å². The van der Waals surface area contributed by atoms with Crippen LogP contribution in [-0.4, -0.2) is 30.8 Å². The number of benzene rings is 1. The second kappa shape index (κ2) is 6.50. The Morgan fingerprint density at radius 1 is 1.32 bits per heavy atom. The second-order valence-corrected chi connectivity index (χ2v) is 7.45. The van der Waals surface area contributed by atoms with E-state index in [4.69, 9.17) is 11.6 Å². The fourth-order valence-corrected chi connectivity index (χ4v) is 3.69. The van der Waals surface area contributed by atoms with Crippen molar-refractivity contribution in [3.05, 3.63) is 52.9 Å². The average molecular weight is 373 g/mol. The molecule has 0 spiro atoms. The number of anilines is 1. The van der Waals surface area contributed by atoms with Gasteiger partial charge in [-0.05, 0) is 32.0 Å². The van der Waals surface area contributed by atoms with Gasteiger partial charge in [0.25, 0.3) is 0 Å². The molecule has 4 aromatic rings. The Kier molecular flexibility index (Phi) is 4.19. The van der Waals surface area contributed by atoms with Crippen LogP contribution in [0.25, 0.3) is 16.2 Å². The summed E-state index contributed by atoms with van der Waals surface area (Å²) < 4.78 is 1.81. The number of aryl methyl sites for hydroxylation is 1. The van der Waals surface area contributed by atoms with Gasteiger partial charge in [-0.15, -0.1) is 5.10 Å². The van der Waals surface area contributed by atoms with Crippen molar-refractivity contribution in [2.75, 3.05) is 5.32 Å². The summed E-state index contributed by atoms with van der Waals surface area (Å²) in [7, 11) is 0. The molecule has 0 saturated carbocycles. The number of halogens is 1. The number of H-pyrrole nitrogens is 1. The topological polar surface area (TPSA) is 70.9 Å². The molecule has 0 amide bonds. The second-order valence-electron chi connectivity index (χ2n) is 6.06. The summed E-state index contributed by atoms with van der Waals surface area (Å²) in [6.07, 6.45) is 2.77. The van der Waals surface area contributed by atoms with E-state index in [1.165, 1.54) is 11.3 Å². The van der Waals surface area contributed by atoms with Crippen LogP contribution in [0.2, 0.25) is 5.02 Å². The number of aromatic nitrogens is 5. The highest BCUT2D eigenvalue weighted by molar-refractivity contribution is 7.20. The molecule has 3 heterocycles. The van der Waals surface area contributed by atoms with Crippen molar-refractivity contribution in [1.29, 1.82) is 0 Å². The average Bonchev–Trinajstić information content (AvgIpc) is 3.23. The molecule has 0 aliphatic rings. The van der Waals surface area contributed by atoms with Crippen LogP contribution < -0.4 is 5.32 Å². The predicted octanol–water partition coefficient (Wildman–Crippen LogP) is 4.19. The molecule has 4 rings (SSSR count). The number of hydrogen-bond acceptors (Lipinski definition) is 5. The van der Waals surface area contributed by atoms with Crippen molar-refractivity contribution in [3.63, 3.8) is 0 Å². The maximum Gasteiger partial charge on any atom is 0.214 e. The quantitative estimate of drug-likeness (QED) is 0.551. The summed E-state index contributed by atoms with van der Waals surface area (Å²) in [4.78, 5) is 5.50. The Hall–Kier alpha value is -2.38. The van der Waals surface area contributed by atoms with Crippen LogP contribution in [0.3, 0.4) is 0 Å². The molecular weight excluding hydrogens is 356 g/mol. The minimum absolute atomic E-state index is 0.231. The van der Waals surface area contributed by atoms with E-state index in [9.17, 15) is 0 Å². The molecule has 0 aliphatic heterocycles. The standard InChI is InChI=1S/C17H17ClN6S/c1-10(7-14-8-11(2)21-22-14)19-16-23-24-9-15(20-17(24)25-16)12-3-5-13(18)6-4-12/h3-6,8-10H,7H2,1-2H3,(H,19,23)(H,21,22). The van der Waals surface area contributed by atoms with Crippen LogP contribution in [0.5, 0.6) is 0 Å².